The maximum atomic E-state index is 4.13. The predicted molar refractivity (Wildman–Crippen MR) is 63.2 cm³/mol. The molecule has 0 bridgehead atoms. The highest BCUT2D eigenvalue weighted by Gasteiger charge is 2.16. The molecular weight excluding hydrogens is 200 g/mol. The highest BCUT2D eigenvalue weighted by atomic mass is 15.3. The molecule has 1 heterocycles. The summed E-state index contributed by atoms with van der Waals surface area (Å²) in [4.78, 5) is 0. The first-order chi connectivity index (χ1) is 7.72. The van der Waals surface area contributed by atoms with Crippen LogP contribution in [-0.2, 0) is 0 Å². The molecule has 0 radical (unpaired) electrons. The highest BCUT2D eigenvalue weighted by molar-refractivity contribution is 5.36. The minimum absolute atomic E-state index is 0.0966. The van der Waals surface area contributed by atoms with Gasteiger partial charge in [0.15, 0.2) is 0 Å². The summed E-state index contributed by atoms with van der Waals surface area (Å²) in [6, 6.07) is 6.53. The largest absolute Gasteiger partial charge is 0.308 e. The van der Waals surface area contributed by atoms with Crippen LogP contribution in [0.15, 0.2) is 24.4 Å². The Labute approximate surface area is 95.1 Å². The first-order valence-electron chi connectivity index (χ1n) is 5.32. The molecule has 84 valence electrons. The van der Waals surface area contributed by atoms with Crippen molar-refractivity contribution < 1.29 is 0 Å². The molecule has 2 aromatic rings. The van der Waals surface area contributed by atoms with E-state index in [9.17, 15) is 0 Å². The van der Waals surface area contributed by atoms with Gasteiger partial charge in [-0.1, -0.05) is 23.8 Å². The molecule has 0 saturated heterocycles. The van der Waals surface area contributed by atoms with Crippen molar-refractivity contribution in [1.29, 1.82) is 0 Å². The summed E-state index contributed by atoms with van der Waals surface area (Å²) in [6.07, 6.45) is 1.75. The summed E-state index contributed by atoms with van der Waals surface area (Å²) in [6.45, 7) is 4.22. The molecule has 1 aromatic carbocycles. The van der Waals surface area contributed by atoms with E-state index in [0.29, 0.717) is 0 Å². The van der Waals surface area contributed by atoms with Crippen LogP contribution in [0.25, 0.3) is 0 Å². The average molecular weight is 216 g/mol. The molecule has 0 aliphatic carbocycles. The molecule has 0 fully saturated rings. The van der Waals surface area contributed by atoms with E-state index >= 15 is 0 Å². The number of hydrogen-bond acceptors (Lipinski definition) is 3. The second-order valence-corrected chi connectivity index (χ2v) is 3.98. The molecule has 0 saturated carbocycles. The zero-order chi connectivity index (χ0) is 11.5. The van der Waals surface area contributed by atoms with Crippen LogP contribution in [0.1, 0.15) is 28.4 Å². The number of rotatable bonds is 3. The molecule has 2 N–H and O–H groups in total. The van der Waals surface area contributed by atoms with Gasteiger partial charge in [0.2, 0.25) is 0 Å². The van der Waals surface area contributed by atoms with Gasteiger partial charge in [-0.25, -0.2) is 0 Å². The van der Waals surface area contributed by atoms with Crippen molar-refractivity contribution in [3.63, 3.8) is 0 Å². The fraction of sp³-hybridized carbons (Fsp3) is 0.333. The number of aromatic amines is 1. The smallest absolute Gasteiger partial charge is 0.104 e. The Bertz CT molecular complexity index is 462. The van der Waals surface area contributed by atoms with Crippen molar-refractivity contribution in [2.75, 3.05) is 7.05 Å². The Morgan fingerprint density at radius 3 is 2.69 bits per heavy atom. The van der Waals surface area contributed by atoms with E-state index in [1.54, 1.807) is 6.20 Å². The van der Waals surface area contributed by atoms with Crippen LogP contribution in [-0.4, -0.2) is 22.5 Å². The Kier molecular flexibility index (Phi) is 3.01. The Hall–Kier alpha value is -1.68. The summed E-state index contributed by atoms with van der Waals surface area (Å²) in [7, 11) is 1.93. The van der Waals surface area contributed by atoms with E-state index in [2.05, 4.69) is 52.8 Å². The standard InChI is InChI=1S/C12H16N4/c1-8-4-5-10(9(2)6-8)12(13-3)11-7-14-16-15-11/h4-7,12-13H,1-3H3,(H,14,15,16). The minimum atomic E-state index is 0.0966. The molecule has 0 aliphatic rings. The number of H-pyrrole nitrogens is 1. The van der Waals surface area contributed by atoms with E-state index in [4.69, 9.17) is 0 Å². The van der Waals surface area contributed by atoms with Gasteiger partial charge in [0, 0.05) is 0 Å². The summed E-state index contributed by atoms with van der Waals surface area (Å²) < 4.78 is 0. The van der Waals surface area contributed by atoms with E-state index in [1.165, 1.54) is 16.7 Å². The second-order valence-electron chi connectivity index (χ2n) is 3.98. The molecule has 0 amide bonds. The van der Waals surface area contributed by atoms with Gasteiger partial charge in [-0.05, 0) is 32.0 Å². The predicted octanol–water partition coefficient (Wildman–Crippen LogP) is 1.73. The van der Waals surface area contributed by atoms with Gasteiger partial charge in [0.25, 0.3) is 0 Å². The van der Waals surface area contributed by atoms with E-state index < -0.39 is 0 Å². The minimum Gasteiger partial charge on any atom is -0.308 e. The van der Waals surface area contributed by atoms with E-state index in [-0.39, 0.29) is 6.04 Å². The molecule has 1 unspecified atom stereocenters. The van der Waals surface area contributed by atoms with Crippen molar-refractivity contribution >= 4 is 0 Å². The van der Waals surface area contributed by atoms with Crippen LogP contribution < -0.4 is 5.32 Å². The van der Waals surface area contributed by atoms with E-state index in [0.717, 1.165) is 5.69 Å². The molecule has 16 heavy (non-hydrogen) atoms. The summed E-state index contributed by atoms with van der Waals surface area (Å²) in [5.41, 5.74) is 4.69. The van der Waals surface area contributed by atoms with Crippen LogP contribution >= 0.6 is 0 Å². The molecule has 0 spiro atoms. The SMILES string of the molecule is CNC(c1cn[nH]n1)c1ccc(C)cc1C. The summed E-state index contributed by atoms with van der Waals surface area (Å²) >= 11 is 0. The molecular formula is C12H16N4. The molecule has 4 nitrogen and oxygen atoms in total. The van der Waals surface area contributed by atoms with Crippen molar-refractivity contribution in [1.82, 2.24) is 20.7 Å². The van der Waals surface area contributed by atoms with Crippen LogP contribution in [0.5, 0.6) is 0 Å². The Morgan fingerprint density at radius 2 is 2.12 bits per heavy atom. The first kappa shape index (κ1) is 10.8. The lowest BCUT2D eigenvalue weighted by molar-refractivity contribution is 0.663. The quantitative estimate of drug-likeness (QED) is 0.821. The summed E-state index contributed by atoms with van der Waals surface area (Å²) in [5.74, 6) is 0. The number of benzene rings is 1. The zero-order valence-electron chi connectivity index (χ0n) is 9.78. The fourth-order valence-corrected chi connectivity index (χ4v) is 1.96. The van der Waals surface area contributed by atoms with Crippen LogP contribution in [0.3, 0.4) is 0 Å². The van der Waals surface area contributed by atoms with Gasteiger partial charge in [0.1, 0.15) is 5.69 Å². The third kappa shape index (κ3) is 1.97. The summed E-state index contributed by atoms with van der Waals surface area (Å²) in [5, 5.41) is 13.9. The molecule has 1 atom stereocenters. The third-order valence-electron chi connectivity index (χ3n) is 2.75. The Morgan fingerprint density at radius 1 is 1.31 bits per heavy atom. The maximum absolute atomic E-state index is 4.13. The lowest BCUT2D eigenvalue weighted by Crippen LogP contribution is -2.19. The molecule has 4 heteroatoms. The Balaban J connectivity index is 2.41. The first-order valence-corrected chi connectivity index (χ1v) is 5.32. The lowest BCUT2D eigenvalue weighted by atomic mass is 9.97. The van der Waals surface area contributed by atoms with Gasteiger partial charge >= 0.3 is 0 Å². The second kappa shape index (κ2) is 4.45. The molecule has 1 aromatic heterocycles. The number of aromatic nitrogens is 3. The zero-order valence-corrected chi connectivity index (χ0v) is 9.78. The number of nitrogens with one attached hydrogen (secondary N) is 2. The topological polar surface area (TPSA) is 53.6 Å². The monoisotopic (exact) mass is 216 g/mol. The van der Waals surface area contributed by atoms with Crippen LogP contribution in [0.2, 0.25) is 0 Å². The van der Waals surface area contributed by atoms with Crippen LogP contribution in [0, 0.1) is 13.8 Å². The van der Waals surface area contributed by atoms with Gasteiger partial charge in [-0.15, -0.1) is 0 Å². The maximum Gasteiger partial charge on any atom is 0.104 e. The van der Waals surface area contributed by atoms with Gasteiger partial charge in [-0.3, -0.25) is 0 Å². The van der Waals surface area contributed by atoms with Crippen molar-refractivity contribution in [3.05, 3.63) is 46.8 Å². The normalized spacial score (nSPS) is 12.7. The van der Waals surface area contributed by atoms with Gasteiger partial charge in [-0.2, -0.15) is 15.4 Å². The van der Waals surface area contributed by atoms with Crippen LogP contribution in [0.4, 0.5) is 0 Å². The molecule has 2 rings (SSSR count). The van der Waals surface area contributed by atoms with Crippen molar-refractivity contribution in [2.24, 2.45) is 0 Å². The number of nitrogens with zero attached hydrogens (tertiary/aromatic N) is 2. The number of hydrogen-bond donors (Lipinski definition) is 2. The number of aryl methyl sites for hydroxylation is 2. The van der Waals surface area contributed by atoms with E-state index in [1.807, 2.05) is 7.05 Å². The average Bonchev–Trinajstić information content (AvgIpc) is 2.75. The highest BCUT2D eigenvalue weighted by Crippen LogP contribution is 2.23. The fourth-order valence-electron chi connectivity index (χ4n) is 1.96. The van der Waals surface area contributed by atoms with Crippen molar-refractivity contribution in [2.45, 2.75) is 19.9 Å². The lowest BCUT2D eigenvalue weighted by Gasteiger charge is -2.16. The molecule has 0 aliphatic heterocycles. The van der Waals surface area contributed by atoms with Crippen molar-refractivity contribution in [3.8, 4) is 0 Å². The van der Waals surface area contributed by atoms with Gasteiger partial charge < -0.3 is 5.32 Å². The third-order valence-corrected chi connectivity index (χ3v) is 2.75. The van der Waals surface area contributed by atoms with Gasteiger partial charge in [0.05, 0.1) is 12.2 Å².